The van der Waals surface area contributed by atoms with E-state index in [1.165, 1.54) is 0 Å². The highest BCUT2D eigenvalue weighted by atomic mass is 32.1. The van der Waals surface area contributed by atoms with Gasteiger partial charge in [0.25, 0.3) is 0 Å². The van der Waals surface area contributed by atoms with Crippen LogP contribution in [0.15, 0.2) is 59.7 Å². The second kappa shape index (κ2) is 9.34. The first-order chi connectivity index (χ1) is 16.8. The summed E-state index contributed by atoms with van der Waals surface area (Å²) in [6.07, 6.45) is 3.59. The molecular formula is C24H24N8OS. The molecule has 172 valence electrons. The molecule has 9 nitrogen and oxygen atoms in total. The maximum Gasteiger partial charge on any atom is 0.232 e. The van der Waals surface area contributed by atoms with Crippen LogP contribution in [-0.4, -0.2) is 68.8 Å². The number of nitrogens with one attached hydrogen (secondary N) is 2. The summed E-state index contributed by atoms with van der Waals surface area (Å²) in [5, 5.41) is 13.1. The fraction of sp³-hybridized carbons (Fsp3) is 0.250. The van der Waals surface area contributed by atoms with Gasteiger partial charge in [-0.3, -0.25) is 9.47 Å². The molecule has 1 fully saturated rings. The summed E-state index contributed by atoms with van der Waals surface area (Å²) in [5.41, 5.74) is 2.51. The third kappa shape index (κ3) is 4.18. The van der Waals surface area contributed by atoms with Crippen molar-refractivity contribution in [1.29, 1.82) is 0 Å². The average Bonchev–Trinajstić information content (AvgIpc) is 3.55. The molecule has 0 aliphatic carbocycles. The minimum atomic E-state index is 0.474. The van der Waals surface area contributed by atoms with Crippen molar-refractivity contribution in [1.82, 2.24) is 29.4 Å². The van der Waals surface area contributed by atoms with E-state index in [9.17, 15) is 0 Å². The molecule has 6 rings (SSSR count). The molecule has 5 aromatic rings. The number of morpholine rings is 1. The van der Waals surface area contributed by atoms with Gasteiger partial charge in [-0.25, -0.2) is 9.97 Å². The lowest BCUT2D eigenvalue weighted by atomic mass is 10.1. The van der Waals surface area contributed by atoms with Crippen LogP contribution in [0.25, 0.3) is 27.6 Å². The average molecular weight is 473 g/mol. The van der Waals surface area contributed by atoms with E-state index in [-0.39, 0.29) is 0 Å². The first kappa shape index (κ1) is 21.0. The van der Waals surface area contributed by atoms with Crippen molar-refractivity contribution in [2.75, 3.05) is 50.0 Å². The van der Waals surface area contributed by atoms with Gasteiger partial charge in [-0.15, -0.1) is 0 Å². The lowest BCUT2D eigenvalue weighted by Crippen LogP contribution is -2.39. The highest BCUT2D eigenvalue weighted by Gasteiger charge is 2.16. The van der Waals surface area contributed by atoms with Crippen molar-refractivity contribution in [2.45, 2.75) is 0 Å². The Morgan fingerprint density at radius 1 is 1.00 bits per heavy atom. The number of nitrogens with zero attached hydrogens (tertiary/aromatic N) is 6. The van der Waals surface area contributed by atoms with E-state index in [0.29, 0.717) is 11.8 Å². The maximum atomic E-state index is 5.45. The number of hydrogen-bond donors (Lipinski definition) is 2. The number of hydrogen-bond acceptors (Lipinski definition) is 9. The van der Waals surface area contributed by atoms with Crippen molar-refractivity contribution in [3.05, 3.63) is 59.7 Å². The molecule has 0 spiro atoms. The number of fused-ring (bicyclic) bond motifs is 2. The molecule has 1 aromatic carbocycles. The summed E-state index contributed by atoms with van der Waals surface area (Å²) in [6, 6.07) is 12.2. The quantitative estimate of drug-likeness (QED) is 0.368. The van der Waals surface area contributed by atoms with Crippen molar-refractivity contribution in [3.8, 4) is 5.69 Å². The Hall–Kier alpha value is -3.60. The predicted octanol–water partition coefficient (Wildman–Crippen LogP) is 3.91. The van der Waals surface area contributed by atoms with Crippen LogP contribution in [0.4, 0.5) is 17.6 Å². The molecule has 0 unspecified atom stereocenters. The van der Waals surface area contributed by atoms with E-state index in [1.54, 1.807) is 23.9 Å². The van der Waals surface area contributed by atoms with Gasteiger partial charge in [-0.2, -0.15) is 21.3 Å². The second-order valence-electron chi connectivity index (χ2n) is 8.05. The number of ether oxygens (including phenoxy) is 1. The zero-order chi connectivity index (χ0) is 22.7. The minimum Gasteiger partial charge on any atom is -0.379 e. The van der Waals surface area contributed by atoms with Gasteiger partial charge in [0.05, 0.1) is 18.9 Å². The Balaban J connectivity index is 1.35. The first-order valence-corrected chi connectivity index (χ1v) is 12.2. The van der Waals surface area contributed by atoms with E-state index >= 15 is 0 Å². The summed E-state index contributed by atoms with van der Waals surface area (Å²) in [6.45, 7) is 5.14. The summed E-state index contributed by atoms with van der Waals surface area (Å²) >= 11 is 1.64. The van der Waals surface area contributed by atoms with Crippen LogP contribution in [-0.2, 0) is 4.74 Å². The van der Waals surface area contributed by atoms with Crippen LogP contribution < -0.4 is 10.6 Å². The van der Waals surface area contributed by atoms with Crippen LogP contribution in [0.3, 0.4) is 0 Å². The number of rotatable bonds is 7. The molecule has 0 saturated carbocycles. The highest BCUT2D eigenvalue weighted by Crippen LogP contribution is 2.27. The van der Waals surface area contributed by atoms with Gasteiger partial charge >= 0.3 is 0 Å². The van der Waals surface area contributed by atoms with E-state index < -0.39 is 0 Å². The zero-order valence-corrected chi connectivity index (χ0v) is 19.3. The van der Waals surface area contributed by atoms with Crippen LogP contribution in [0.5, 0.6) is 0 Å². The van der Waals surface area contributed by atoms with E-state index in [4.69, 9.17) is 14.7 Å². The van der Waals surface area contributed by atoms with Crippen LogP contribution in [0.1, 0.15) is 0 Å². The number of thiophene rings is 1. The van der Waals surface area contributed by atoms with E-state index in [1.807, 2.05) is 34.2 Å². The Morgan fingerprint density at radius 3 is 2.79 bits per heavy atom. The van der Waals surface area contributed by atoms with Crippen LogP contribution in [0, 0.1) is 0 Å². The molecule has 0 amide bonds. The fourth-order valence-corrected chi connectivity index (χ4v) is 4.77. The predicted molar refractivity (Wildman–Crippen MR) is 135 cm³/mol. The summed E-state index contributed by atoms with van der Waals surface area (Å²) in [5.74, 6) is 1.90. The topological polar surface area (TPSA) is 93.0 Å². The molecule has 1 aliphatic rings. The molecule has 4 aromatic heterocycles. The smallest absolute Gasteiger partial charge is 0.232 e. The van der Waals surface area contributed by atoms with Gasteiger partial charge in [0, 0.05) is 43.1 Å². The Kier molecular flexibility index (Phi) is 5.76. The van der Waals surface area contributed by atoms with Gasteiger partial charge < -0.3 is 15.4 Å². The van der Waals surface area contributed by atoms with Crippen LogP contribution >= 0.6 is 11.3 Å². The van der Waals surface area contributed by atoms with E-state index in [2.05, 4.69) is 43.0 Å². The lowest BCUT2D eigenvalue weighted by Gasteiger charge is -2.26. The molecule has 0 atom stereocenters. The summed E-state index contributed by atoms with van der Waals surface area (Å²) < 4.78 is 7.44. The number of imidazole rings is 1. The van der Waals surface area contributed by atoms with Gasteiger partial charge in [0.15, 0.2) is 17.0 Å². The van der Waals surface area contributed by atoms with Gasteiger partial charge in [0.2, 0.25) is 5.95 Å². The fourth-order valence-electron chi connectivity index (χ4n) is 4.14. The number of pyridine rings is 1. The molecule has 1 aliphatic heterocycles. The number of anilines is 3. The van der Waals surface area contributed by atoms with Gasteiger partial charge in [0.1, 0.15) is 12.1 Å². The number of aromatic nitrogens is 5. The monoisotopic (exact) mass is 472 g/mol. The van der Waals surface area contributed by atoms with Crippen LogP contribution in [0.2, 0.25) is 0 Å². The normalized spacial score (nSPS) is 14.6. The standard InChI is InChI=1S/C24H24N8OS/c1-2-4-19-17(3-1)5-7-25-21(19)28-24-29-22(26-8-9-31-10-12-33-13-11-31)20-23(30-24)32(16-27-20)18-6-14-34-15-18/h1-7,14-16H,8-13H2,(H2,25,26,28,29,30). The van der Waals surface area contributed by atoms with Crippen molar-refractivity contribution < 1.29 is 4.74 Å². The lowest BCUT2D eigenvalue weighted by molar-refractivity contribution is 0.0398. The van der Waals surface area contributed by atoms with E-state index in [0.717, 1.165) is 72.8 Å². The highest BCUT2D eigenvalue weighted by molar-refractivity contribution is 7.08. The van der Waals surface area contributed by atoms with Gasteiger partial charge in [-0.1, -0.05) is 24.3 Å². The molecule has 10 heteroatoms. The molecular weight excluding hydrogens is 448 g/mol. The molecule has 5 heterocycles. The minimum absolute atomic E-state index is 0.474. The SMILES string of the molecule is c1ccc2c(Nc3nc(NCCN4CCOCC4)c4ncn(-c5ccsc5)c4n3)nccc2c1. The molecule has 2 N–H and O–H groups in total. The second-order valence-corrected chi connectivity index (χ2v) is 8.83. The first-order valence-electron chi connectivity index (χ1n) is 11.3. The molecule has 0 bridgehead atoms. The largest absolute Gasteiger partial charge is 0.379 e. The van der Waals surface area contributed by atoms with Gasteiger partial charge in [-0.05, 0) is 22.9 Å². The summed E-state index contributed by atoms with van der Waals surface area (Å²) in [4.78, 5) is 21.2. The van der Waals surface area contributed by atoms with Crippen molar-refractivity contribution in [3.63, 3.8) is 0 Å². The Morgan fingerprint density at radius 2 is 1.91 bits per heavy atom. The number of benzene rings is 1. The molecule has 1 saturated heterocycles. The molecule has 34 heavy (non-hydrogen) atoms. The summed E-state index contributed by atoms with van der Waals surface area (Å²) in [7, 11) is 0. The Bertz CT molecular complexity index is 1410. The Labute approximate surface area is 200 Å². The van der Waals surface area contributed by atoms with Crippen molar-refractivity contribution >= 4 is 50.9 Å². The zero-order valence-electron chi connectivity index (χ0n) is 18.5. The van der Waals surface area contributed by atoms with Crippen molar-refractivity contribution in [2.24, 2.45) is 0 Å². The molecule has 0 radical (unpaired) electrons. The maximum absolute atomic E-state index is 5.45. The third-order valence-electron chi connectivity index (χ3n) is 5.91. The third-order valence-corrected chi connectivity index (χ3v) is 6.58.